The van der Waals surface area contributed by atoms with E-state index < -0.39 is 10.2 Å². The van der Waals surface area contributed by atoms with Gasteiger partial charge in [-0.15, -0.1) is 0 Å². The summed E-state index contributed by atoms with van der Waals surface area (Å²) in [6.45, 7) is 7.75. The molecule has 2 atom stereocenters. The summed E-state index contributed by atoms with van der Waals surface area (Å²) in [4.78, 5) is 0. The zero-order chi connectivity index (χ0) is 13.8. The van der Waals surface area contributed by atoms with E-state index in [9.17, 15) is 8.42 Å². The number of piperidine rings is 1. The van der Waals surface area contributed by atoms with Crippen LogP contribution in [0.5, 0.6) is 0 Å². The minimum absolute atomic E-state index is 0.0365. The van der Waals surface area contributed by atoms with E-state index in [4.69, 9.17) is 5.73 Å². The van der Waals surface area contributed by atoms with Crippen LogP contribution in [0.3, 0.4) is 0 Å². The molecule has 108 valence electrons. The first-order chi connectivity index (χ1) is 8.38. The molecular formula is C12H27N3O2S. The van der Waals surface area contributed by atoms with Gasteiger partial charge in [0.1, 0.15) is 0 Å². The molecule has 0 aromatic heterocycles. The van der Waals surface area contributed by atoms with Gasteiger partial charge >= 0.3 is 0 Å². The van der Waals surface area contributed by atoms with Gasteiger partial charge in [0.2, 0.25) is 0 Å². The molecule has 0 aromatic rings. The summed E-state index contributed by atoms with van der Waals surface area (Å²) in [7, 11) is -3.37. The Labute approximate surface area is 111 Å². The zero-order valence-electron chi connectivity index (χ0n) is 11.7. The lowest BCUT2D eigenvalue weighted by Gasteiger charge is -2.34. The SMILES string of the molecule is CC(C)C(C)CNS(=O)(=O)N1CCCCC1CN. The molecule has 1 saturated heterocycles. The average Bonchev–Trinajstić information content (AvgIpc) is 2.35. The van der Waals surface area contributed by atoms with Gasteiger partial charge in [-0.2, -0.15) is 12.7 Å². The average molecular weight is 277 g/mol. The number of rotatable bonds is 6. The van der Waals surface area contributed by atoms with Crippen LogP contribution in [0.2, 0.25) is 0 Å². The smallest absolute Gasteiger partial charge is 0.279 e. The fraction of sp³-hybridized carbons (Fsp3) is 1.00. The largest absolute Gasteiger partial charge is 0.329 e. The summed E-state index contributed by atoms with van der Waals surface area (Å²) in [6.07, 6.45) is 2.87. The molecule has 18 heavy (non-hydrogen) atoms. The first-order valence-electron chi connectivity index (χ1n) is 6.85. The predicted molar refractivity (Wildman–Crippen MR) is 74.3 cm³/mol. The highest BCUT2D eigenvalue weighted by atomic mass is 32.2. The summed E-state index contributed by atoms with van der Waals surface area (Å²) in [5.41, 5.74) is 5.66. The fourth-order valence-electron chi connectivity index (χ4n) is 2.08. The second-order valence-corrected chi connectivity index (χ2v) is 7.28. The Morgan fingerprint density at radius 2 is 2.00 bits per heavy atom. The van der Waals surface area contributed by atoms with Crippen LogP contribution >= 0.6 is 0 Å². The van der Waals surface area contributed by atoms with Crippen LogP contribution in [0.15, 0.2) is 0 Å². The topological polar surface area (TPSA) is 75.4 Å². The van der Waals surface area contributed by atoms with Crippen molar-refractivity contribution in [3.05, 3.63) is 0 Å². The van der Waals surface area contributed by atoms with E-state index in [-0.39, 0.29) is 6.04 Å². The van der Waals surface area contributed by atoms with E-state index in [0.717, 1.165) is 19.3 Å². The van der Waals surface area contributed by atoms with Crippen molar-refractivity contribution in [2.45, 2.75) is 46.1 Å². The molecule has 5 nitrogen and oxygen atoms in total. The molecule has 3 N–H and O–H groups in total. The lowest BCUT2D eigenvalue weighted by molar-refractivity contribution is 0.253. The maximum atomic E-state index is 12.2. The maximum absolute atomic E-state index is 12.2. The first-order valence-corrected chi connectivity index (χ1v) is 8.29. The number of nitrogens with zero attached hydrogens (tertiary/aromatic N) is 1. The summed E-state index contributed by atoms with van der Waals surface area (Å²) in [6, 6.07) is -0.0365. The van der Waals surface area contributed by atoms with Crippen LogP contribution in [0, 0.1) is 11.8 Å². The minimum atomic E-state index is -3.37. The van der Waals surface area contributed by atoms with E-state index in [1.807, 2.05) is 0 Å². The molecule has 0 radical (unpaired) electrons. The van der Waals surface area contributed by atoms with Crippen molar-refractivity contribution in [1.82, 2.24) is 9.03 Å². The third-order valence-electron chi connectivity index (χ3n) is 3.88. The Morgan fingerprint density at radius 1 is 1.33 bits per heavy atom. The third-order valence-corrected chi connectivity index (χ3v) is 5.51. The van der Waals surface area contributed by atoms with Crippen molar-refractivity contribution in [2.24, 2.45) is 17.6 Å². The highest BCUT2D eigenvalue weighted by Gasteiger charge is 2.31. The number of nitrogens with two attached hydrogens (primary N) is 1. The van der Waals surface area contributed by atoms with Crippen LogP contribution in [0.25, 0.3) is 0 Å². The van der Waals surface area contributed by atoms with E-state index in [1.165, 1.54) is 0 Å². The van der Waals surface area contributed by atoms with Gasteiger partial charge in [0.15, 0.2) is 0 Å². The molecule has 0 amide bonds. The summed E-state index contributed by atoms with van der Waals surface area (Å²) >= 11 is 0. The highest BCUT2D eigenvalue weighted by Crippen LogP contribution is 2.19. The van der Waals surface area contributed by atoms with Gasteiger partial charge in [-0.25, -0.2) is 4.72 Å². The van der Waals surface area contributed by atoms with E-state index >= 15 is 0 Å². The standard InChI is InChI=1S/C12H27N3O2S/c1-10(2)11(3)9-14-18(16,17)15-7-5-4-6-12(15)8-13/h10-12,14H,4-9,13H2,1-3H3. The van der Waals surface area contributed by atoms with Gasteiger partial charge in [-0.1, -0.05) is 27.2 Å². The van der Waals surface area contributed by atoms with Crippen LogP contribution < -0.4 is 10.5 Å². The van der Waals surface area contributed by atoms with Crippen molar-refractivity contribution < 1.29 is 8.42 Å². The van der Waals surface area contributed by atoms with Gasteiger partial charge in [0.25, 0.3) is 10.2 Å². The van der Waals surface area contributed by atoms with Crippen molar-refractivity contribution in [2.75, 3.05) is 19.6 Å². The molecule has 1 fully saturated rings. The van der Waals surface area contributed by atoms with Crippen LogP contribution in [0.4, 0.5) is 0 Å². The minimum Gasteiger partial charge on any atom is -0.329 e. The molecule has 0 aliphatic carbocycles. The maximum Gasteiger partial charge on any atom is 0.279 e. The second-order valence-electron chi connectivity index (χ2n) is 5.57. The number of hydrogen-bond donors (Lipinski definition) is 2. The van der Waals surface area contributed by atoms with Gasteiger partial charge in [-0.3, -0.25) is 0 Å². The Bertz CT molecular complexity index is 343. The van der Waals surface area contributed by atoms with E-state index in [1.54, 1.807) is 4.31 Å². The molecule has 1 heterocycles. The lowest BCUT2D eigenvalue weighted by atomic mass is 9.99. The van der Waals surface area contributed by atoms with Crippen LogP contribution in [-0.4, -0.2) is 38.4 Å². The molecular weight excluding hydrogens is 250 g/mol. The van der Waals surface area contributed by atoms with Crippen molar-refractivity contribution in [1.29, 1.82) is 0 Å². The van der Waals surface area contributed by atoms with Crippen LogP contribution in [-0.2, 0) is 10.2 Å². The number of hydrogen-bond acceptors (Lipinski definition) is 3. The van der Waals surface area contributed by atoms with E-state index in [2.05, 4.69) is 25.5 Å². The molecule has 0 bridgehead atoms. The summed E-state index contributed by atoms with van der Waals surface area (Å²) in [5, 5.41) is 0. The summed E-state index contributed by atoms with van der Waals surface area (Å²) in [5.74, 6) is 0.806. The van der Waals surface area contributed by atoms with Gasteiger partial charge in [0, 0.05) is 25.7 Å². The molecule has 0 spiro atoms. The quantitative estimate of drug-likeness (QED) is 0.758. The molecule has 0 saturated carbocycles. The Balaban J connectivity index is 2.61. The fourth-order valence-corrected chi connectivity index (χ4v) is 3.67. The second kappa shape index (κ2) is 6.84. The van der Waals surface area contributed by atoms with Crippen molar-refractivity contribution >= 4 is 10.2 Å². The first kappa shape index (κ1) is 15.9. The predicted octanol–water partition coefficient (Wildman–Crippen LogP) is 0.926. The van der Waals surface area contributed by atoms with Gasteiger partial charge in [0.05, 0.1) is 0 Å². The van der Waals surface area contributed by atoms with E-state index in [0.29, 0.717) is 31.5 Å². The summed E-state index contributed by atoms with van der Waals surface area (Å²) < 4.78 is 28.7. The van der Waals surface area contributed by atoms with Crippen molar-refractivity contribution in [3.63, 3.8) is 0 Å². The Hall–Kier alpha value is -0.170. The molecule has 0 aromatic carbocycles. The van der Waals surface area contributed by atoms with Gasteiger partial charge in [-0.05, 0) is 24.7 Å². The molecule has 2 unspecified atom stereocenters. The highest BCUT2D eigenvalue weighted by molar-refractivity contribution is 7.87. The Morgan fingerprint density at radius 3 is 2.56 bits per heavy atom. The monoisotopic (exact) mass is 277 g/mol. The third kappa shape index (κ3) is 4.19. The molecule has 1 rings (SSSR count). The van der Waals surface area contributed by atoms with Gasteiger partial charge < -0.3 is 5.73 Å². The zero-order valence-corrected chi connectivity index (χ0v) is 12.5. The lowest BCUT2D eigenvalue weighted by Crippen LogP contribution is -2.52. The molecule has 1 aliphatic heterocycles. The van der Waals surface area contributed by atoms with Crippen molar-refractivity contribution in [3.8, 4) is 0 Å². The normalized spacial score (nSPS) is 24.4. The molecule has 1 aliphatic rings. The van der Waals surface area contributed by atoms with Crippen LogP contribution in [0.1, 0.15) is 40.0 Å². The molecule has 6 heteroatoms. The number of nitrogens with one attached hydrogen (secondary N) is 1. The Kier molecular flexibility index (Phi) is 6.04.